The van der Waals surface area contributed by atoms with Crippen LogP contribution in [0.25, 0.3) is 0 Å². The first-order valence-corrected chi connectivity index (χ1v) is 10.0. The van der Waals surface area contributed by atoms with Gasteiger partial charge in [0.1, 0.15) is 5.60 Å². The maximum absolute atomic E-state index is 12.0. The van der Waals surface area contributed by atoms with Gasteiger partial charge in [0, 0.05) is 19.7 Å². The number of aliphatic hydroxyl groups is 1. The Morgan fingerprint density at radius 2 is 1.78 bits per heavy atom. The molecule has 0 bridgehead atoms. The predicted octanol–water partition coefficient (Wildman–Crippen LogP) is 2.89. The fourth-order valence-electron chi connectivity index (χ4n) is 2.63. The van der Waals surface area contributed by atoms with Crippen molar-refractivity contribution in [3.05, 3.63) is 0 Å². The number of amides is 1. The summed E-state index contributed by atoms with van der Waals surface area (Å²) in [5.41, 5.74) is -1.06. The third-order valence-electron chi connectivity index (χ3n) is 3.72. The van der Waals surface area contributed by atoms with Crippen LogP contribution in [0.2, 0.25) is 0 Å². The van der Waals surface area contributed by atoms with E-state index in [2.05, 4.69) is 34.8 Å². The molecule has 0 aromatic carbocycles. The van der Waals surface area contributed by atoms with Crippen LogP contribution in [0.1, 0.15) is 68.2 Å². The number of hydrogen-bond donors (Lipinski definition) is 4. The first-order valence-electron chi connectivity index (χ1n) is 10.0. The third kappa shape index (κ3) is 14.3. The fourth-order valence-corrected chi connectivity index (χ4v) is 2.63. The van der Waals surface area contributed by atoms with E-state index in [1.807, 2.05) is 41.5 Å². The molecule has 0 saturated carbocycles. The molecule has 4 N–H and O–H groups in total. The predicted molar refractivity (Wildman–Crippen MR) is 112 cm³/mol. The van der Waals surface area contributed by atoms with Crippen LogP contribution in [-0.2, 0) is 4.74 Å². The fraction of sp³-hybridized carbons (Fsp3) is 0.900. The van der Waals surface area contributed by atoms with E-state index in [-0.39, 0.29) is 6.61 Å². The number of carbonyl (C=O) groups is 1. The Bertz CT molecular complexity index is 457. The maximum atomic E-state index is 12.0. The summed E-state index contributed by atoms with van der Waals surface area (Å²) in [6, 6.07) is 0. The van der Waals surface area contributed by atoms with E-state index in [9.17, 15) is 9.90 Å². The van der Waals surface area contributed by atoms with E-state index in [0.717, 1.165) is 25.9 Å². The molecule has 7 nitrogen and oxygen atoms in total. The minimum absolute atomic E-state index is 0.194. The van der Waals surface area contributed by atoms with Gasteiger partial charge in [0.15, 0.2) is 5.96 Å². The summed E-state index contributed by atoms with van der Waals surface area (Å²) < 4.78 is 5.32. The summed E-state index contributed by atoms with van der Waals surface area (Å²) in [7, 11) is 0. The van der Waals surface area contributed by atoms with E-state index in [1.165, 1.54) is 0 Å². The summed E-state index contributed by atoms with van der Waals surface area (Å²) in [5.74, 6) is 1.69. The van der Waals surface area contributed by atoms with Gasteiger partial charge in [-0.3, -0.25) is 4.99 Å². The standard InChI is InChI=1S/C20H42N4O3/c1-9-21-17(22-13-16(10-11-25)12-15(2)3)23-14-20(7,8)24-18(26)27-19(4,5)6/h15-16,25H,9-14H2,1-8H3,(H,24,26)(H2,21,22,23). The van der Waals surface area contributed by atoms with Gasteiger partial charge in [-0.25, -0.2) is 4.79 Å². The summed E-state index contributed by atoms with van der Waals surface area (Å²) in [6.07, 6.45) is 1.38. The Morgan fingerprint density at radius 3 is 2.26 bits per heavy atom. The molecule has 0 fully saturated rings. The van der Waals surface area contributed by atoms with Crippen LogP contribution in [0, 0.1) is 11.8 Å². The summed E-state index contributed by atoms with van der Waals surface area (Å²) in [4.78, 5) is 16.6. The normalized spacial score (nSPS) is 14.1. The molecule has 0 rings (SSSR count). The smallest absolute Gasteiger partial charge is 0.408 e. The van der Waals surface area contributed by atoms with Gasteiger partial charge in [-0.2, -0.15) is 0 Å². The van der Waals surface area contributed by atoms with Crippen molar-refractivity contribution in [1.82, 2.24) is 16.0 Å². The molecule has 0 heterocycles. The van der Waals surface area contributed by atoms with Gasteiger partial charge in [0.25, 0.3) is 0 Å². The number of ether oxygens (including phenoxy) is 1. The molecule has 0 aromatic rings. The molecule has 0 saturated heterocycles. The number of guanidine groups is 1. The monoisotopic (exact) mass is 386 g/mol. The third-order valence-corrected chi connectivity index (χ3v) is 3.72. The molecule has 0 aliphatic heterocycles. The van der Waals surface area contributed by atoms with Gasteiger partial charge in [-0.15, -0.1) is 0 Å². The SMILES string of the molecule is CCNC(=NCC(C)(C)NC(=O)OC(C)(C)C)NCC(CCO)CC(C)C. The zero-order valence-corrected chi connectivity index (χ0v) is 18.6. The molecule has 0 spiro atoms. The van der Waals surface area contributed by atoms with Crippen molar-refractivity contribution < 1.29 is 14.6 Å². The van der Waals surface area contributed by atoms with E-state index in [4.69, 9.17) is 4.74 Å². The lowest BCUT2D eigenvalue weighted by atomic mass is 9.94. The Hall–Kier alpha value is -1.50. The Balaban J connectivity index is 4.78. The van der Waals surface area contributed by atoms with E-state index in [0.29, 0.717) is 24.3 Å². The van der Waals surface area contributed by atoms with Gasteiger partial charge >= 0.3 is 6.09 Å². The van der Waals surface area contributed by atoms with Crippen molar-refractivity contribution in [2.24, 2.45) is 16.8 Å². The highest BCUT2D eigenvalue weighted by Gasteiger charge is 2.24. The number of aliphatic hydroxyl groups excluding tert-OH is 1. The first-order chi connectivity index (χ1) is 12.4. The first kappa shape index (κ1) is 25.5. The zero-order valence-electron chi connectivity index (χ0n) is 18.6. The van der Waals surface area contributed by atoms with Gasteiger partial charge in [-0.1, -0.05) is 13.8 Å². The second-order valence-electron chi connectivity index (χ2n) is 9.09. The molecule has 7 heteroatoms. The van der Waals surface area contributed by atoms with Crippen molar-refractivity contribution in [3.63, 3.8) is 0 Å². The molecule has 1 amide bonds. The molecule has 1 unspecified atom stereocenters. The molecule has 0 aliphatic carbocycles. The molecule has 27 heavy (non-hydrogen) atoms. The number of alkyl carbamates (subject to hydrolysis) is 1. The van der Waals surface area contributed by atoms with Crippen LogP contribution >= 0.6 is 0 Å². The number of aliphatic imine (C=N–C) groups is 1. The molecule has 0 aromatic heterocycles. The molecule has 0 aliphatic rings. The number of carbonyl (C=O) groups excluding carboxylic acids is 1. The van der Waals surface area contributed by atoms with Crippen molar-refractivity contribution in [2.45, 2.75) is 79.4 Å². The van der Waals surface area contributed by atoms with Crippen molar-refractivity contribution in [1.29, 1.82) is 0 Å². The summed E-state index contributed by atoms with van der Waals surface area (Å²) >= 11 is 0. The van der Waals surface area contributed by atoms with Crippen LogP contribution < -0.4 is 16.0 Å². The average Bonchev–Trinajstić information content (AvgIpc) is 2.47. The van der Waals surface area contributed by atoms with Crippen molar-refractivity contribution in [3.8, 4) is 0 Å². The zero-order chi connectivity index (χ0) is 21.1. The van der Waals surface area contributed by atoms with Crippen LogP contribution in [0.5, 0.6) is 0 Å². The van der Waals surface area contributed by atoms with E-state index >= 15 is 0 Å². The Kier molecular flexibility index (Phi) is 11.4. The quantitative estimate of drug-likeness (QED) is 0.342. The van der Waals surface area contributed by atoms with Gasteiger partial charge in [0.2, 0.25) is 0 Å². The van der Waals surface area contributed by atoms with Crippen molar-refractivity contribution >= 4 is 12.1 Å². The number of hydrogen-bond acceptors (Lipinski definition) is 4. The van der Waals surface area contributed by atoms with Crippen LogP contribution in [-0.4, -0.2) is 54.5 Å². The minimum atomic E-state index is -0.535. The Labute approximate surface area is 165 Å². The molecular weight excluding hydrogens is 344 g/mol. The van der Waals surface area contributed by atoms with Crippen LogP contribution in [0.4, 0.5) is 4.79 Å². The highest BCUT2D eigenvalue weighted by Crippen LogP contribution is 2.14. The highest BCUT2D eigenvalue weighted by molar-refractivity contribution is 5.79. The minimum Gasteiger partial charge on any atom is -0.444 e. The lowest BCUT2D eigenvalue weighted by molar-refractivity contribution is 0.0476. The Morgan fingerprint density at radius 1 is 1.15 bits per heavy atom. The lowest BCUT2D eigenvalue weighted by Crippen LogP contribution is -2.49. The van der Waals surface area contributed by atoms with Gasteiger partial charge in [0.05, 0.1) is 12.1 Å². The summed E-state index contributed by atoms with van der Waals surface area (Å²) in [6.45, 7) is 17.8. The molecular formula is C20H42N4O3. The molecule has 1 atom stereocenters. The highest BCUT2D eigenvalue weighted by atomic mass is 16.6. The van der Waals surface area contributed by atoms with Crippen molar-refractivity contribution in [2.75, 3.05) is 26.2 Å². The lowest BCUT2D eigenvalue weighted by Gasteiger charge is -2.28. The maximum Gasteiger partial charge on any atom is 0.408 e. The number of nitrogens with zero attached hydrogens (tertiary/aromatic N) is 1. The second kappa shape index (κ2) is 12.1. The number of nitrogens with one attached hydrogen (secondary N) is 3. The second-order valence-corrected chi connectivity index (χ2v) is 9.09. The average molecular weight is 387 g/mol. The van der Waals surface area contributed by atoms with E-state index in [1.54, 1.807) is 0 Å². The topological polar surface area (TPSA) is 95.0 Å². The van der Waals surface area contributed by atoms with Gasteiger partial charge < -0.3 is 25.8 Å². The van der Waals surface area contributed by atoms with Gasteiger partial charge in [-0.05, 0) is 66.2 Å². The van der Waals surface area contributed by atoms with E-state index < -0.39 is 17.2 Å². The van der Waals surface area contributed by atoms with Crippen LogP contribution in [0.3, 0.4) is 0 Å². The van der Waals surface area contributed by atoms with Crippen LogP contribution in [0.15, 0.2) is 4.99 Å². The molecule has 0 radical (unpaired) electrons. The molecule has 160 valence electrons. The summed E-state index contributed by atoms with van der Waals surface area (Å²) in [5, 5.41) is 18.7. The number of rotatable bonds is 10. The largest absolute Gasteiger partial charge is 0.444 e.